The van der Waals surface area contributed by atoms with Crippen molar-refractivity contribution in [2.24, 2.45) is 0 Å². The van der Waals surface area contributed by atoms with Gasteiger partial charge in [-0.25, -0.2) is 19.9 Å². The van der Waals surface area contributed by atoms with Crippen LogP contribution in [0.3, 0.4) is 0 Å². The number of nitrogens with zero attached hydrogens (tertiary/aromatic N) is 7. The van der Waals surface area contributed by atoms with E-state index in [2.05, 4.69) is 108 Å². The van der Waals surface area contributed by atoms with Gasteiger partial charge in [-0.3, -0.25) is 4.57 Å². The predicted octanol–water partition coefficient (Wildman–Crippen LogP) is 13.0. The van der Waals surface area contributed by atoms with Gasteiger partial charge in [-0.2, -0.15) is 9.97 Å². The van der Waals surface area contributed by atoms with Crippen LogP contribution in [0.4, 0.5) is 0 Å². The quantitative estimate of drug-likeness (QED) is 0.158. The smallest absolute Gasteiger partial charge is 0.238 e. The van der Waals surface area contributed by atoms with Crippen LogP contribution in [0.1, 0.15) is 18.2 Å². The van der Waals surface area contributed by atoms with Crippen LogP contribution >= 0.6 is 0 Å². The topological polar surface area (TPSA) is 95.4 Å². The summed E-state index contributed by atoms with van der Waals surface area (Å²) in [5.41, 5.74) is 9.03. The summed E-state index contributed by atoms with van der Waals surface area (Å²) in [6.45, 7) is 0. The van der Waals surface area contributed by atoms with Crippen LogP contribution in [0, 0.1) is 0 Å². The maximum absolute atomic E-state index is 6.84. The Kier molecular flexibility index (Phi) is 8.45. The standard InChI is InChI=1S/C54H35N7O/c1-5-17-34(18-6-1)38-31-32-40-39-25-13-14-29-44(39)61(45(40)33-38)54-59-51(37-23-11-4-12-24-37)58-53(60-54)43-28-15-26-41-47-42(27-16-30-46(47)62-48(41)43)52-56-49(35-19-7-2-8-20-35)55-50(57-52)36-21-9-3-10-22-36/h1-21,23-33,36H,22H2. The summed E-state index contributed by atoms with van der Waals surface area (Å²) in [4.78, 5) is 31.0. The van der Waals surface area contributed by atoms with Crippen LogP contribution in [0.15, 0.2) is 199 Å². The Morgan fingerprint density at radius 3 is 1.82 bits per heavy atom. The molecule has 0 aliphatic heterocycles. The first-order valence-corrected chi connectivity index (χ1v) is 20.7. The lowest BCUT2D eigenvalue weighted by Gasteiger charge is -2.14. The summed E-state index contributed by atoms with van der Waals surface area (Å²) in [6, 6.07) is 57.8. The maximum atomic E-state index is 6.84. The third-order valence-corrected chi connectivity index (χ3v) is 11.6. The predicted molar refractivity (Wildman–Crippen MR) is 248 cm³/mol. The van der Waals surface area contributed by atoms with Gasteiger partial charge in [0.25, 0.3) is 0 Å². The molecule has 1 aliphatic rings. The summed E-state index contributed by atoms with van der Waals surface area (Å²) in [5, 5.41) is 4.05. The molecule has 0 saturated heterocycles. The van der Waals surface area contributed by atoms with Gasteiger partial charge >= 0.3 is 0 Å². The fourth-order valence-electron chi connectivity index (χ4n) is 8.67. The lowest BCUT2D eigenvalue weighted by molar-refractivity contribution is 0.669. The van der Waals surface area contributed by atoms with E-state index in [9.17, 15) is 0 Å². The average Bonchev–Trinajstić information content (AvgIpc) is 3.91. The molecule has 1 aliphatic carbocycles. The number of aromatic nitrogens is 7. The summed E-state index contributed by atoms with van der Waals surface area (Å²) >= 11 is 0. The lowest BCUT2D eigenvalue weighted by Crippen LogP contribution is -2.07. The fourth-order valence-corrected chi connectivity index (χ4v) is 8.67. The van der Waals surface area contributed by atoms with Gasteiger partial charge in [0.05, 0.1) is 16.6 Å². The van der Waals surface area contributed by atoms with Crippen molar-refractivity contribution in [3.63, 3.8) is 0 Å². The molecule has 0 bridgehead atoms. The Morgan fingerprint density at radius 2 is 1.06 bits per heavy atom. The summed E-state index contributed by atoms with van der Waals surface area (Å²) in [5.74, 6) is 3.55. The average molecular weight is 798 g/mol. The molecule has 7 aromatic carbocycles. The highest BCUT2D eigenvalue weighted by molar-refractivity contribution is 6.15. The van der Waals surface area contributed by atoms with Gasteiger partial charge < -0.3 is 4.42 Å². The third kappa shape index (κ3) is 6.08. The monoisotopic (exact) mass is 797 g/mol. The Hall–Kier alpha value is -8.36. The van der Waals surface area contributed by atoms with Crippen molar-refractivity contribution in [1.29, 1.82) is 0 Å². The van der Waals surface area contributed by atoms with E-state index < -0.39 is 0 Å². The maximum Gasteiger partial charge on any atom is 0.238 e. The minimum Gasteiger partial charge on any atom is -0.455 e. The second kappa shape index (κ2) is 14.7. The molecule has 0 spiro atoms. The van der Waals surface area contributed by atoms with Crippen LogP contribution in [-0.4, -0.2) is 34.5 Å². The van der Waals surface area contributed by atoms with Gasteiger partial charge in [0.15, 0.2) is 23.3 Å². The SMILES string of the molecule is C1=CCC(c2nc(-c3ccccc3)nc(-c3cccc4oc5c(-c6nc(-c7ccccc7)nc(-n7c8ccccc8c8ccc(-c9ccccc9)cc87)n6)cccc5c34)n2)C=C1. The zero-order chi connectivity index (χ0) is 41.0. The Balaban J connectivity index is 1.08. The molecule has 292 valence electrons. The van der Waals surface area contributed by atoms with Gasteiger partial charge in [-0.1, -0.05) is 170 Å². The van der Waals surface area contributed by atoms with Crippen molar-refractivity contribution < 1.29 is 4.42 Å². The number of allylic oxidation sites excluding steroid dienone is 4. The van der Waals surface area contributed by atoms with Crippen molar-refractivity contribution in [2.75, 3.05) is 0 Å². The number of para-hydroxylation sites is 2. The lowest BCUT2D eigenvalue weighted by atomic mass is 9.99. The van der Waals surface area contributed by atoms with Crippen molar-refractivity contribution in [2.45, 2.75) is 12.3 Å². The van der Waals surface area contributed by atoms with E-state index >= 15 is 0 Å². The first-order chi connectivity index (χ1) is 30.7. The van der Waals surface area contributed by atoms with Gasteiger partial charge in [0.2, 0.25) is 5.95 Å². The molecule has 0 fully saturated rings. The first-order valence-electron chi connectivity index (χ1n) is 20.7. The zero-order valence-corrected chi connectivity index (χ0v) is 33.3. The normalized spacial score (nSPS) is 13.8. The highest BCUT2D eigenvalue weighted by atomic mass is 16.3. The van der Waals surface area contributed by atoms with Crippen LogP contribution in [-0.2, 0) is 0 Å². The highest BCUT2D eigenvalue weighted by Crippen LogP contribution is 2.41. The number of rotatable bonds is 7. The second-order valence-electron chi connectivity index (χ2n) is 15.4. The second-order valence-corrected chi connectivity index (χ2v) is 15.4. The molecule has 4 heterocycles. The Labute approximate surface area is 356 Å². The van der Waals surface area contributed by atoms with Gasteiger partial charge in [-0.15, -0.1) is 0 Å². The number of benzene rings is 7. The van der Waals surface area contributed by atoms with E-state index in [1.165, 1.54) is 0 Å². The first kappa shape index (κ1) is 35.6. The molecule has 1 atom stereocenters. The Morgan fingerprint density at radius 1 is 0.452 bits per heavy atom. The minimum atomic E-state index is 0.0346. The molecule has 0 radical (unpaired) electrons. The molecular weight excluding hydrogens is 763 g/mol. The van der Waals surface area contributed by atoms with Gasteiger partial charge in [0.1, 0.15) is 17.0 Å². The number of hydrogen-bond donors (Lipinski definition) is 0. The van der Waals surface area contributed by atoms with Gasteiger partial charge in [0, 0.05) is 44.2 Å². The van der Waals surface area contributed by atoms with Crippen LogP contribution < -0.4 is 0 Å². The van der Waals surface area contributed by atoms with Crippen LogP contribution in [0.2, 0.25) is 0 Å². The molecule has 0 amide bonds. The molecule has 1 unspecified atom stereocenters. The van der Waals surface area contributed by atoms with Crippen molar-refractivity contribution >= 4 is 43.7 Å². The molecule has 4 aromatic heterocycles. The van der Waals surface area contributed by atoms with Crippen LogP contribution in [0.5, 0.6) is 0 Å². The molecule has 0 N–H and O–H groups in total. The third-order valence-electron chi connectivity index (χ3n) is 11.6. The van der Waals surface area contributed by atoms with Crippen molar-refractivity contribution in [1.82, 2.24) is 34.5 Å². The molecule has 0 saturated carbocycles. The highest BCUT2D eigenvalue weighted by Gasteiger charge is 2.24. The molecular formula is C54H35N7O. The molecule has 8 nitrogen and oxygen atoms in total. The summed E-state index contributed by atoms with van der Waals surface area (Å²) < 4.78 is 9.00. The minimum absolute atomic E-state index is 0.0346. The Bertz CT molecular complexity index is 3560. The largest absolute Gasteiger partial charge is 0.455 e. The van der Waals surface area contributed by atoms with Gasteiger partial charge in [-0.05, 0) is 41.8 Å². The number of hydrogen-bond acceptors (Lipinski definition) is 7. The van der Waals surface area contributed by atoms with E-state index in [4.69, 9.17) is 34.3 Å². The molecule has 11 aromatic rings. The summed E-state index contributed by atoms with van der Waals surface area (Å²) in [7, 11) is 0. The van der Waals surface area contributed by atoms with Crippen molar-refractivity contribution in [3.8, 4) is 62.6 Å². The molecule has 62 heavy (non-hydrogen) atoms. The van der Waals surface area contributed by atoms with E-state index in [-0.39, 0.29) is 5.92 Å². The van der Waals surface area contributed by atoms with Crippen LogP contribution in [0.25, 0.3) is 106 Å². The number of furan rings is 1. The van der Waals surface area contributed by atoms with Crippen molar-refractivity contribution in [3.05, 3.63) is 200 Å². The van der Waals surface area contributed by atoms with E-state index in [0.717, 1.165) is 78.2 Å². The summed E-state index contributed by atoms with van der Waals surface area (Å²) in [6.07, 6.45) is 9.25. The van der Waals surface area contributed by atoms with E-state index in [1.807, 2.05) is 91.0 Å². The number of fused-ring (bicyclic) bond motifs is 6. The zero-order valence-electron chi connectivity index (χ0n) is 33.3. The molecule has 8 heteroatoms. The fraction of sp³-hybridized carbons (Fsp3) is 0.0370. The molecule has 12 rings (SSSR count). The van der Waals surface area contributed by atoms with E-state index in [1.54, 1.807) is 0 Å². The van der Waals surface area contributed by atoms with E-state index in [0.29, 0.717) is 40.4 Å².